The molecule has 0 saturated heterocycles. The first-order valence-corrected chi connectivity index (χ1v) is 4.32. The Kier molecular flexibility index (Phi) is 2.67. The van der Waals surface area contributed by atoms with Gasteiger partial charge < -0.3 is 5.32 Å². The van der Waals surface area contributed by atoms with Crippen LogP contribution in [0.25, 0.3) is 0 Å². The predicted octanol–water partition coefficient (Wildman–Crippen LogP) is 0.115. The topological polar surface area (TPSA) is 123 Å². The van der Waals surface area contributed by atoms with E-state index in [9.17, 15) is 10.1 Å². The number of nitrogens with zero attached hydrogens (tertiary/aromatic N) is 5. The van der Waals surface area contributed by atoms with Gasteiger partial charge in [0.25, 0.3) is 5.69 Å². The lowest BCUT2D eigenvalue weighted by Crippen LogP contribution is -2.03. The molecule has 2 aromatic heterocycles. The number of nitro groups is 1. The van der Waals surface area contributed by atoms with Gasteiger partial charge in [0.15, 0.2) is 5.82 Å². The molecule has 2 rings (SSSR count). The second kappa shape index (κ2) is 4.29. The van der Waals surface area contributed by atoms with Crippen molar-refractivity contribution in [3.8, 4) is 0 Å². The molecule has 0 fully saturated rings. The summed E-state index contributed by atoms with van der Waals surface area (Å²) >= 11 is 0. The second-order valence-corrected chi connectivity index (χ2v) is 2.84. The van der Waals surface area contributed by atoms with Crippen LogP contribution in [0.15, 0.2) is 18.3 Å². The average Bonchev–Trinajstić information content (AvgIpc) is 2.79. The van der Waals surface area contributed by atoms with E-state index in [-0.39, 0.29) is 5.69 Å². The van der Waals surface area contributed by atoms with Crippen molar-refractivity contribution in [2.75, 3.05) is 5.32 Å². The molecule has 0 unspecified atom stereocenters. The summed E-state index contributed by atoms with van der Waals surface area (Å²) in [5.74, 6) is 0.840. The first kappa shape index (κ1) is 9.96. The summed E-state index contributed by atoms with van der Waals surface area (Å²) in [5.41, 5.74) is -0.0226. The average molecular weight is 221 g/mol. The molecule has 16 heavy (non-hydrogen) atoms. The zero-order valence-electron chi connectivity index (χ0n) is 7.99. The SMILES string of the molecule is O=[N+]([O-])c1ccnc(NCc2nn[nH]n2)c1. The highest BCUT2D eigenvalue weighted by Crippen LogP contribution is 2.14. The minimum absolute atomic E-state index is 0.0226. The quantitative estimate of drug-likeness (QED) is 0.554. The molecule has 0 radical (unpaired) electrons. The summed E-state index contributed by atoms with van der Waals surface area (Å²) in [5, 5.41) is 26.4. The Morgan fingerprint density at radius 2 is 2.44 bits per heavy atom. The van der Waals surface area contributed by atoms with Crippen LogP contribution in [-0.4, -0.2) is 30.5 Å². The highest BCUT2D eigenvalue weighted by molar-refractivity contribution is 5.44. The Morgan fingerprint density at radius 3 is 3.12 bits per heavy atom. The van der Waals surface area contributed by atoms with Crippen molar-refractivity contribution < 1.29 is 4.92 Å². The molecular formula is C7H7N7O2. The Bertz CT molecular complexity index is 483. The van der Waals surface area contributed by atoms with Gasteiger partial charge in [0.05, 0.1) is 17.5 Å². The highest BCUT2D eigenvalue weighted by Gasteiger charge is 2.06. The normalized spacial score (nSPS) is 10.0. The Hall–Kier alpha value is -2.58. The predicted molar refractivity (Wildman–Crippen MR) is 52.4 cm³/mol. The minimum Gasteiger partial charge on any atom is -0.362 e. The summed E-state index contributed by atoms with van der Waals surface area (Å²) in [6.45, 7) is 0.296. The van der Waals surface area contributed by atoms with Crippen molar-refractivity contribution in [2.24, 2.45) is 0 Å². The van der Waals surface area contributed by atoms with Gasteiger partial charge in [-0.25, -0.2) is 4.98 Å². The Balaban J connectivity index is 2.04. The number of hydrogen-bond donors (Lipinski definition) is 2. The molecule has 9 nitrogen and oxygen atoms in total. The lowest BCUT2D eigenvalue weighted by molar-refractivity contribution is -0.384. The summed E-state index contributed by atoms with van der Waals surface area (Å²) in [4.78, 5) is 13.9. The third-order valence-corrected chi connectivity index (χ3v) is 1.77. The molecule has 0 amide bonds. The largest absolute Gasteiger partial charge is 0.362 e. The van der Waals surface area contributed by atoms with Crippen LogP contribution in [0.3, 0.4) is 0 Å². The van der Waals surface area contributed by atoms with E-state index in [1.165, 1.54) is 18.3 Å². The van der Waals surface area contributed by atoms with Crippen molar-refractivity contribution in [3.63, 3.8) is 0 Å². The van der Waals surface area contributed by atoms with Crippen LogP contribution in [-0.2, 0) is 6.54 Å². The standard InChI is InChI=1S/C7H7N7O2/c15-14(16)5-1-2-8-6(3-5)9-4-7-10-12-13-11-7/h1-3H,4H2,(H,8,9)(H,10,11,12,13). The van der Waals surface area contributed by atoms with Gasteiger partial charge in [-0.15, -0.1) is 10.2 Å². The maximum atomic E-state index is 10.5. The van der Waals surface area contributed by atoms with E-state index >= 15 is 0 Å². The molecule has 0 saturated carbocycles. The summed E-state index contributed by atoms with van der Waals surface area (Å²) in [6, 6.07) is 2.65. The smallest absolute Gasteiger partial charge is 0.274 e. The van der Waals surface area contributed by atoms with Gasteiger partial charge in [0.2, 0.25) is 0 Å². The minimum atomic E-state index is -0.485. The molecule has 0 aliphatic carbocycles. The molecule has 0 aromatic carbocycles. The van der Waals surface area contributed by atoms with Gasteiger partial charge in [0, 0.05) is 12.3 Å². The van der Waals surface area contributed by atoms with Crippen LogP contribution >= 0.6 is 0 Å². The Labute approximate surface area is 89.0 Å². The number of nitrogens with one attached hydrogen (secondary N) is 2. The van der Waals surface area contributed by atoms with Crippen molar-refractivity contribution in [3.05, 3.63) is 34.3 Å². The molecule has 0 atom stereocenters. The van der Waals surface area contributed by atoms with Crippen molar-refractivity contribution >= 4 is 11.5 Å². The number of anilines is 1. The molecular weight excluding hydrogens is 214 g/mol. The van der Waals surface area contributed by atoms with Crippen LogP contribution < -0.4 is 5.32 Å². The van der Waals surface area contributed by atoms with Crippen molar-refractivity contribution in [1.82, 2.24) is 25.6 Å². The van der Waals surface area contributed by atoms with Crippen molar-refractivity contribution in [1.29, 1.82) is 0 Å². The number of aromatic amines is 1. The maximum absolute atomic E-state index is 10.5. The van der Waals surface area contributed by atoms with E-state index in [1.807, 2.05) is 0 Å². The third kappa shape index (κ3) is 2.26. The fraction of sp³-hybridized carbons (Fsp3) is 0.143. The molecule has 0 aliphatic rings. The van der Waals surface area contributed by atoms with Gasteiger partial charge >= 0.3 is 0 Å². The number of tetrazole rings is 1. The fourth-order valence-corrected chi connectivity index (χ4v) is 1.06. The second-order valence-electron chi connectivity index (χ2n) is 2.84. The molecule has 9 heteroatoms. The molecule has 0 spiro atoms. The molecule has 2 N–H and O–H groups in total. The monoisotopic (exact) mass is 221 g/mol. The van der Waals surface area contributed by atoms with Gasteiger partial charge in [-0.1, -0.05) is 5.21 Å². The molecule has 2 aromatic rings. The number of rotatable bonds is 4. The van der Waals surface area contributed by atoms with E-state index in [0.717, 1.165) is 0 Å². The van der Waals surface area contributed by atoms with Gasteiger partial charge in [0.1, 0.15) is 5.82 Å². The number of aromatic nitrogens is 5. The number of hydrogen-bond acceptors (Lipinski definition) is 7. The van der Waals surface area contributed by atoms with Gasteiger partial charge in [-0.2, -0.15) is 5.21 Å². The number of H-pyrrole nitrogens is 1. The molecule has 0 bridgehead atoms. The zero-order chi connectivity index (χ0) is 11.4. The van der Waals surface area contributed by atoms with Gasteiger partial charge in [-0.05, 0) is 0 Å². The summed E-state index contributed by atoms with van der Waals surface area (Å²) in [7, 11) is 0. The van der Waals surface area contributed by atoms with Crippen LogP contribution in [0.4, 0.5) is 11.5 Å². The van der Waals surface area contributed by atoms with Crippen LogP contribution in [0.5, 0.6) is 0 Å². The van der Waals surface area contributed by atoms with Crippen LogP contribution in [0, 0.1) is 10.1 Å². The van der Waals surface area contributed by atoms with Crippen LogP contribution in [0.1, 0.15) is 5.82 Å². The van der Waals surface area contributed by atoms with E-state index in [2.05, 4.69) is 30.9 Å². The molecule has 0 aliphatic heterocycles. The zero-order valence-corrected chi connectivity index (χ0v) is 7.99. The highest BCUT2D eigenvalue weighted by atomic mass is 16.6. The van der Waals surface area contributed by atoms with E-state index in [0.29, 0.717) is 18.2 Å². The molecule has 82 valence electrons. The Morgan fingerprint density at radius 1 is 1.56 bits per heavy atom. The van der Waals surface area contributed by atoms with E-state index in [1.54, 1.807) is 0 Å². The first-order chi connectivity index (χ1) is 7.75. The van der Waals surface area contributed by atoms with E-state index in [4.69, 9.17) is 0 Å². The van der Waals surface area contributed by atoms with Crippen LogP contribution in [0.2, 0.25) is 0 Å². The fourth-order valence-electron chi connectivity index (χ4n) is 1.06. The summed E-state index contributed by atoms with van der Waals surface area (Å²) < 4.78 is 0. The van der Waals surface area contributed by atoms with Crippen molar-refractivity contribution in [2.45, 2.75) is 6.54 Å². The lowest BCUT2D eigenvalue weighted by Gasteiger charge is -2.01. The number of pyridine rings is 1. The third-order valence-electron chi connectivity index (χ3n) is 1.77. The van der Waals surface area contributed by atoms with E-state index < -0.39 is 4.92 Å². The van der Waals surface area contributed by atoms with Gasteiger partial charge in [-0.3, -0.25) is 10.1 Å². The molecule has 2 heterocycles. The summed E-state index contributed by atoms with van der Waals surface area (Å²) in [6.07, 6.45) is 1.36. The maximum Gasteiger partial charge on any atom is 0.274 e. The lowest BCUT2D eigenvalue weighted by atomic mass is 10.4. The first-order valence-electron chi connectivity index (χ1n) is 4.32.